The van der Waals surface area contributed by atoms with E-state index >= 15 is 0 Å². The van der Waals surface area contributed by atoms with Crippen LogP contribution in [-0.4, -0.2) is 54.6 Å². The van der Waals surface area contributed by atoms with Gasteiger partial charge in [-0.1, -0.05) is 6.92 Å². The Morgan fingerprint density at radius 3 is 2.86 bits per heavy atom. The zero-order chi connectivity index (χ0) is 15.5. The number of halogens is 3. The average molecular weight is 320 g/mol. The fourth-order valence-corrected chi connectivity index (χ4v) is 3.29. The molecule has 0 radical (unpaired) electrons. The quantitative estimate of drug-likeness (QED) is 0.832. The largest absolute Gasteiger partial charge is 0.401 e. The summed E-state index contributed by atoms with van der Waals surface area (Å²) in [5.41, 5.74) is 0.670. The summed E-state index contributed by atoms with van der Waals surface area (Å²) in [7, 11) is 0. The molecule has 2 rings (SSSR count). The molecule has 0 unspecified atom stereocenters. The van der Waals surface area contributed by atoms with E-state index in [1.807, 2.05) is 5.38 Å². The summed E-state index contributed by atoms with van der Waals surface area (Å²) < 4.78 is 37.4. The molecule has 1 saturated heterocycles. The lowest BCUT2D eigenvalue weighted by atomic mass is 10.1. The van der Waals surface area contributed by atoms with Crippen molar-refractivity contribution in [2.24, 2.45) is 5.92 Å². The maximum atomic E-state index is 12.5. The van der Waals surface area contributed by atoms with Crippen LogP contribution in [0.2, 0.25) is 0 Å². The fraction of sp³-hybridized carbons (Fsp3) is 0.643. The van der Waals surface area contributed by atoms with Crippen molar-refractivity contribution >= 4 is 17.2 Å². The van der Waals surface area contributed by atoms with Crippen molar-refractivity contribution in [2.75, 3.05) is 32.7 Å². The molecule has 118 valence electrons. The molecule has 1 amide bonds. The smallest absolute Gasteiger partial charge is 0.338 e. The summed E-state index contributed by atoms with van der Waals surface area (Å²) in [6, 6.07) is 1.78. The van der Waals surface area contributed by atoms with E-state index in [4.69, 9.17) is 0 Å². The molecule has 2 heterocycles. The van der Waals surface area contributed by atoms with Gasteiger partial charge in [-0.2, -0.15) is 24.5 Å². The van der Waals surface area contributed by atoms with Gasteiger partial charge in [-0.15, -0.1) is 0 Å². The van der Waals surface area contributed by atoms with Crippen molar-refractivity contribution in [1.29, 1.82) is 0 Å². The number of rotatable bonds is 5. The van der Waals surface area contributed by atoms with E-state index in [9.17, 15) is 18.0 Å². The van der Waals surface area contributed by atoms with Crippen LogP contribution in [0.15, 0.2) is 16.8 Å². The first-order valence-electron chi connectivity index (χ1n) is 6.99. The molecule has 1 fully saturated rings. The summed E-state index contributed by atoms with van der Waals surface area (Å²) in [5, 5.41) is 3.65. The molecule has 1 aromatic rings. The third-order valence-electron chi connectivity index (χ3n) is 3.71. The van der Waals surface area contributed by atoms with Gasteiger partial charge in [0.2, 0.25) is 0 Å². The van der Waals surface area contributed by atoms with Crippen molar-refractivity contribution in [1.82, 2.24) is 9.80 Å². The third kappa shape index (κ3) is 4.71. The molecule has 0 spiro atoms. The Morgan fingerprint density at radius 2 is 2.29 bits per heavy atom. The Balaban J connectivity index is 1.86. The average Bonchev–Trinajstić information content (AvgIpc) is 3.06. The Hall–Kier alpha value is -1.08. The van der Waals surface area contributed by atoms with Gasteiger partial charge in [0.1, 0.15) is 0 Å². The summed E-state index contributed by atoms with van der Waals surface area (Å²) in [6.45, 7) is 2.79. The highest BCUT2D eigenvalue weighted by Gasteiger charge is 2.33. The monoisotopic (exact) mass is 320 g/mol. The van der Waals surface area contributed by atoms with E-state index < -0.39 is 12.7 Å². The molecule has 0 aliphatic carbocycles. The topological polar surface area (TPSA) is 23.6 Å². The predicted molar refractivity (Wildman–Crippen MR) is 76.5 cm³/mol. The van der Waals surface area contributed by atoms with Crippen LogP contribution in [0.3, 0.4) is 0 Å². The van der Waals surface area contributed by atoms with Crippen LogP contribution in [-0.2, 0) is 0 Å². The van der Waals surface area contributed by atoms with Gasteiger partial charge in [-0.25, -0.2) is 0 Å². The SMILES string of the molecule is CCN(C[C@@H]1CCN(C(=O)c2ccsc2)C1)CC(F)(F)F. The summed E-state index contributed by atoms with van der Waals surface area (Å²) in [6.07, 6.45) is -3.40. The van der Waals surface area contributed by atoms with Crippen LogP contribution >= 0.6 is 11.3 Å². The molecule has 1 aliphatic heterocycles. The molecule has 1 atom stereocenters. The van der Waals surface area contributed by atoms with E-state index in [1.165, 1.54) is 16.2 Å². The van der Waals surface area contributed by atoms with Crippen LogP contribution in [0.1, 0.15) is 23.7 Å². The zero-order valence-corrected chi connectivity index (χ0v) is 12.7. The molecule has 0 bridgehead atoms. The second kappa shape index (κ2) is 6.79. The highest BCUT2D eigenvalue weighted by Crippen LogP contribution is 2.23. The predicted octanol–water partition coefficient (Wildman–Crippen LogP) is 3.09. The molecular weight excluding hydrogens is 301 g/mol. The standard InChI is InChI=1S/C14H19F3N2OS/c1-2-18(10-14(15,16)17)7-11-3-5-19(8-11)13(20)12-4-6-21-9-12/h4,6,9,11H,2-3,5,7-8,10H2,1H3/t11-/m0/s1. The van der Waals surface area contributed by atoms with Crippen molar-refractivity contribution in [2.45, 2.75) is 19.5 Å². The van der Waals surface area contributed by atoms with Gasteiger partial charge in [0.05, 0.1) is 12.1 Å². The highest BCUT2D eigenvalue weighted by molar-refractivity contribution is 7.08. The van der Waals surface area contributed by atoms with E-state index in [0.717, 1.165) is 6.42 Å². The lowest BCUT2D eigenvalue weighted by molar-refractivity contribution is -0.146. The first kappa shape index (κ1) is 16.3. The van der Waals surface area contributed by atoms with Gasteiger partial charge in [-0.3, -0.25) is 9.69 Å². The Bertz CT molecular complexity index is 461. The first-order valence-corrected chi connectivity index (χ1v) is 7.94. The molecule has 0 saturated carbocycles. The van der Waals surface area contributed by atoms with Gasteiger partial charge in [-0.05, 0) is 30.3 Å². The van der Waals surface area contributed by atoms with E-state index in [2.05, 4.69) is 0 Å². The number of carbonyl (C=O) groups is 1. The number of alkyl halides is 3. The van der Waals surface area contributed by atoms with Crippen molar-refractivity contribution in [3.63, 3.8) is 0 Å². The van der Waals surface area contributed by atoms with Gasteiger partial charge in [0, 0.05) is 25.0 Å². The number of carbonyl (C=O) groups excluding carboxylic acids is 1. The van der Waals surface area contributed by atoms with E-state index in [0.29, 0.717) is 31.7 Å². The minimum absolute atomic E-state index is 0.0161. The minimum atomic E-state index is -4.17. The fourth-order valence-electron chi connectivity index (χ4n) is 2.66. The maximum Gasteiger partial charge on any atom is 0.401 e. The number of hydrogen-bond acceptors (Lipinski definition) is 3. The van der Waals surface area contributed by atoms with Crippen LogP contribution in [0.25, 0.3) is 0 Å². The van der Waals surface area contributed by atoms with E-state index in [1.54, 1.807) is 23.3 Å². The molecule has 0 N–H and O–H groups in total. The summed E-state index contributed by atoms with van der Waals surface area (Å²) in [5.74, 6) is 0.104. The van der Waals surface area contributed by atoms with Crippen molar-refractivity contribution in [3.05, 3.63) is 22.4 Å². The normalized spacial score (nSPS) is 19.5. The highest BCUT2D eigenvalue weighted by atomic mass is 32.1. The third-order valence-corrected chi connectivity index (χ3v) is 4.39. The molecule has 1 aliphatic rings. The van der Waals surface area contributed by atoms with Gasteiger partial charge < -0.3 is 4.90 Å². The first-order chi connectivity index (χ1) is 9.89. The van der Waals surface area contributed by atoms with Crippen LogP contribution in [0.5, 0.6) is 0 Å². The molecule has 0 aromatic carbocycles. The summed E-state index contributed by atoms with van der Waals surface area (Å²) >= 11 is 1.47. The molecule has 21 heavy (non-hydrogen) atoms. The summed E-state index contributed by atoms with van der Waals surface area (Å²) in [4.78, 5) is 15.3. The number of thiophene rings is 1. The second-order valence-electron chi connectivity index (χ2n) is 5.36. The number of amides is 1. The zero-order valence-electron chi connectivity index (χ0n) is 11.9. The van der Waals surface area contributed by atoms with Gasteiger partial charge in [0.15, 0.2) is 0 Å². The second-order valence-corrected chi connectivity index (χ2v) is 6.14. The lowest BCUT2D eigenvalue weighted by Gasteiger charge is -2.25. The maximum absolute atomic E-state index is 12.5. The molecule has 1 aromatic heterocycles. The molecule has 3 nitrogen and oxygen atoms in total. The Labute approximate surface area is 126 Å². The Morgan fingerprint density at radius 1 is 1.52 bits per heavy atom. The Kier molecular flexibility index (Phi) is 5.27. The van der Waals surface area contributed by atoms with Gasteiger partial charge >= 0.3 is 6.18 Å². The van der Waals surface area contributed by atoms with Crippen molar-refractivity contribution in [3.8, 4) is 0 Å². The van der Waals surface area contributed by atoms with Gasteiger partial charge in [0.25, 0.3) is 5.91 Å². The molecular formula is C14H19F3N2OS. The van der Waals surface area contributed by atoms with Crippen LogP contribution < -0.4 is 0 Å². The minimum Gasteiger partial charge on any atom is -0.338 e. The lowest BCUT2D eigenvalue weighted by Crippen LogP contribution is -2.38. The van der Waals surface area contributed by atoms with Crippen LogP contribution in [0, 0.1) is 5.92 Å². The van der Waals surface area contributed by atoms with Crippen molar-refractivity contribution < 1.29 is 18.0 Å². The number of hydrogen-bond donors (Lipinski definition) is 0. The van der Waals surface area contributed by atoms with E-state index in [-0.39, 0.29) is 11.8 Å². The number of likely N-dealkylation sites (tertiary alicyclic amines) is 1. The number of nitrogens with zero attached hydrogens (tertiary/aromatic N) is 2. The van der Waals surface area contributed by atoms with Crippen LogP contribution in [0.4, 0.5) is 13.2 Å². The molecule has 7 heteroatoms.